The smallest absolute Gasteiger partial charge is 0.294 e. The van der Waals surface area contributed by atoms with E-state index >= 15 is 0 Å². The van der Waals surface area contributed by atoms with Gasteiger partial charge in [-0.2, -0.15) is 0 Å². The number of anilines is 1. The summed E-state index contributed by atoms with van der Waals surface area (Å²) in [6.07, 6.45) is 0.736. The predicted molar refractivity (Wildman–Crippen MR) is 77.2 cm³/mol. The first-order valence-electron chi connectivity index (χ1n) is 5.80. The highest BCUT2D eigenvalue weighted by Gasteiger charge is 2.15. The van der Waals surface area contributed by atoms with Crippen molar-refractivity contribution in [3.63, 3.8) is 0 Å². The lowest BCUT2D eigenvalue weighted by molar-refractivity contribution is 0.618. The third-order valence-electron chi connectivity index (χ3n) is 3.15. The first kappa shape index (κ1) is 13.0. The molecule has 1 aromatic heterocycles. The fraction of sp³-hybridized carbons (Fsp3) is 0.308. The zero-order chi connectivity index (χ0) is 13.4. The molecule has 0 aliphatic heterocycles. The van der Waals surface area contributed by atoms with Gasteiger partial charge in [-0.25, -0.2) is 4.68 Å². The lowest BCUT2D eigenvalue weighted by atomic mass is 10.2. The van der Waals surface area contributed by atoms with Crippen LogP contribution in [-0.2, 0) is 13.5 Å². The summed E-state index contributed by atoms with van der Waals surface area (Å²) in [4.78, 5) is 12.2. The molecule has 0 atom stereocenters. The lowest BCUT2D eigenvalue weighted by Crippen LogP contribution is -2.20. The standard InChI is InChI=1S/C13H16BrN3O/c1-4-11-12(15)13(18)17(16(11)3)9-5-6-10(14)8(2)7-9/h5-7H,4,15H2,1-3H3. The summed E-state index contributed by atoms with van der Waals surface area (Å²) in [5.41, 5.74) is 8.80. The van der Waals surface area contributed by atoms with Crippen LogP contribution in [0, 0.1) is 6.92 Å². The van der Waals surface area contributed by atoms with Gasteiger partial charge in [0.05, 0.1) is 11.4 Å². The zero-order valence-electron chi connectivity index (χ0n) is 10.7. The van der Waals surface area contributed by atoms with Crippen LogP contribution in [0.3, 0.4) is 0 Å². The number of nitrogens with zero attached hydrogens (tertiary/aromatic N) is 2. The van der Waals surface area contributed by atoms with E-state index in [9.17, 15) is 4.79 Å². The highest BCUT2D eigenvalue weighted by Crippen LogP contribution is 2.20. The third kappa shape index (κ3) is 1.88. The van der Waals surface area contributed by atoms with Gasteiger partial charge in [0.1, 0.15) is 5.69 Å². The van der Waals surface area contributed by atoms with Crippen molar-refractivity contribution in [2.24, 2.45) is 7.05 Å². The molecule has 0 spiro atoms. The van der Waals surface area contributed by atoms with Crippen molar-refractivity contribution in [1.82, 2.24) is 9.36 Å². The van der Waals surface area contributed by atoms with E-state index in [4.69, 9.17) is 5.73 Å². The van der Waals surface area contributed by atoms with Crippen molar-refractivity contribution < 1.29 is 0 Å². The van der Waals surface area contributed by atoms with Gasteiger partial charge in [-0.1, -0.05) is 22.9 Å². The molecular formula is C13H16BrN3O. The van der Waals surface area contributed by atoms with E-state index in [2.05, 4.69) is 15.9 Å². The average molecular weight is 310 g/mol. The van der Waals surface area contributed by atoms with E-state index in [-0.39, 0.29) is 5.56 Å². The number of hydrogen-bond acceptors (Lipinski definition) is 2. The Balaban J connectivity index is 2.71. The maximum Gasteiger partial charge on any atom is 0.294 e. The number of halogens is 1. The Morgan fingerprint density at radius 1 is 1.39 bits per heavy atom. The highest BCUT2D eigenvalue weighted by atomic mass is 79.9. The van der Waals surface area contributed by atoms with E-state index in [1.165, 1.54) is 0 Å². The van der Waals surface area contributed by atoms with Crippen molar-refractivity contribution in [2.45, 2.75) is 20.3 Å². The predicted octanol–water partition coefficient (Wildman–Crippen LogP) is 2.39. The minimum atomic E-state index is -0.156. The fourth-order valence-electron chi connectivity index (χ4n) is 2.14. The number of benzene rings is 1. The molecule has 2 N–H and O–H groups in total. The van der Waals surface area contributed by atoms with Crippen LogP contribution in [0.4, 0.5) is 5.69 Å². The van der Waals surface area contributed by atoms with Gasteiger partial charge < -0.3 is 5.73 Å². The van der Waals surface area contributed by atoms with Crippen LogP contribution in [0.15, 0.2) is 27.5 Å². The molecule has 0 aliphatic carbocycles. The molecule has 0 unspecified atom stereocenters. The molecule has 0 saturated heterocycles. The SMILES string of the molecule is CCc1c(N)c(=O)n(-c2ccc(Br)c(C)c2)n1C. The van der Waals surface area contributed by atoms with Crippen molar-refractivity contribution in [1.29, 1.82) is 0 Å². The van der Waals surface area contributed by atoms with Crippen LogP contribution in [0.5, 0.6) is 0 Å². The summed E-state index contributed by atoms with van der Waals surface area (Å²) >= 11 is 3.45. The molecule has 96 valence electrons. The Morgan fingerprint density at radius 2 is 2.06 bits per heavy atom. The maximum absolute atomic E-state index is 12.2. The fourth-order valence-corrected chi connectivity index (χ4v) is 2.39. The Kier molecular flexibility index (Phi) is 3.34. The maximum atomic E-state index is 12.2. The van der Waals surface area contributed by atoms with Crippen LogP contribution < -0.4 is 11.3 Å². The molecule has 2 aromatic rings. The van der Waals surface area contributed by atoms with Crippen LogP contribution in [0.1, 0.15) is 18.2 Å². The first-order valence-corrected chi connectivity index (χ1v) is 6.59. The summed E-state index contributed by atoms with van der Waals surface area (Å²) in [5.74, 6) is 0. The molecule has 0 fully saturated rings. The molecule has 0 aliphatic rings. The first-order chi connectivity index (χ1) is 8.47. The summed E-state index contributed by atoms with van der Waals surface area (Å²) in [7, 11) is 1.86. The normalized spacial score (nSPS) is 10.9. The van der Waals surface area contributed by atoms with E-state index in [1.807, 2.05) is 43.8 Å². The quantitative estimate of drug-likeness (QED) is 0.926. The average Bonchev–Trinajstić information content (AvgIpc) is 2.54. The number of rotatable bonds is 2. The summed E-state index contributed by atoms with van der Waals surface area (Å²) in [5, 5.41) is 0. The van der Waals surface area contributed by atoms with Crippen LogP contribution in [-0.4, -0.2) is 9.36 Å². The Hall–Kier alpha value is -1.49. The van der Waals surface area contributed by atoms with Crippen molar-refractivity contribution >= 4 is 21.6 Å². The topological polar surface area (TPSA) is 53.0 Å². The molecule has 0 saturated carbocycles. The van der Waals surface area contributed by atoms with Gasteiger partial charge in [0, 0.05) is 11.5 Å². The van der Waals surface area contributed by atoms with E-state index < -0.39 is 0 Å². The zero-order valence-corrected chi connectivity index (χ0v) is 12.3. The molecule has 1 aromatic carbocycles. The van der Waals surface area contributed by atoms with E-state index in [0.29, 0.717) is 5.69 Å². The largest absolute Gasteiger partial charge is 0.393 e. The van der Waals surface area contributed by atoms with Crippen LogP contribution >= 0.6 is 15.9 Å². The van der Waals surface area contributed by atoms with Gasteiger partial charge in [-0.3, -0.25) is 9.48 Å². The number of nitrogens with two attached hydrogens (primary N) is 1. The monoisotopic (exact) mass is 309 g/mol. The van der Waals surface area contributed by atoms with Gasteiger partial charge in [0.25, 0.3) is 5.56 Å². The van der Waals surface area contributed by atoms with Crippen LogP contribution in [0.25, 0.3) is 5.69 Å². The van der Waals surface area contributed by atoms with Crippen molar-refractivity contribution in [3.05, 3.63) is 44.3 Å². The number of aryl methyl sites for hydroxylation is 1. The molecule has 0 bridgehead atoms. The van der Waals surface area contributed by atoms with E-state index in [0.717, 1.165) is 27.8 Å². The second-order valence-corrected chi connectivity index (χ2v) is 5.14. The minimum absolute atomic E-state index is 0.156. The molecule has 5 heteroatoms. The second kappa shape index (κ2) is 4.65. The Labute approximate surface area is 114 Å². The number of nitrogen functional groups attached to an aromatic ring is 1. The van der Waals surface area contributed by atoms with Gasteiger partial charge in [0.15, 0.2) is 0 Å². The molecule has 0 radical (unpaired) electrons. The molecule has 4 nitrogen and oxygen atoms in total. The van der Waals surface area contributed by atoms with Crippen LogP contribution in [0.2, 0.25) is 0 Å². The Bertz CT molecular complexity index is 655. The summed E-state index contributed by atoms with van der Waals surface area (Å²) in [6, 6.07) is 5.80. The van der Waals surface area contributed by atoms with Gasteiger partial charge >= 0.3 is 0 Å². The Morgan fingerprint density at radius 3 is 2.56 bits per heavy atom. The summed E-state index contributed by atoms with van der Waals surface area (Å²) < 4.78 is 4.45. The van der Waals surface area contributed by atoms with Gasteiger partial charge in [-0.15, -0.1) is 0 Å². The van der Waals surface area contributed by atoms with Gasteiger partial charge in [-0.05, 0) is 37.1 Å². The molecule has 1 heterocycles. The van der Waals surface area contributed by atoms with Crippen molar-refractivity contribution in [3.8, 4) is 5.69 Å². The van der Waals surface area contributed by atoms with Crippen molar-refractivity contribution in [2.75, 3.05) is 5.73 Å². The number of hydrogen-bond donors (Lipinski definition) is 1. The second-order valence-electron chi connectivity index (χ2n) is 4.29. The molecule has 0 amide bonds. The molecular weight excluding hydrogens is 294 g/mol. The highest BCUT2D eigenvalue weighted by molar-refractivity contribution is 9.10. The number of aromatic nitrogens is 2. The van der Waals surface area contributed by atoms with Gasteiger partial charge in [0.2, 0.25) is 0 Å². The minimum Gasteiger partial charge on any atom is -0.393 e. The van der Waals surface area contributed by atoms with E-state index in [1.54, 1.807) is 4.68 Å². The summed E-state index contributed by atoms with van der Waals surface area (Å²) in [6.45, 7) is 3.98. The lowest BCUT2D eigenvalue weighted by Gasteiger charge is -2.10. The third-order valence-corrected chi connectivity index (χ3v) is 4.04. The molecule has 2 rings (SSSR count). The molecule has 18 heavy (non-hydrogen) atoms.